The highest BCUT2D eigenvalue weighted by atomic mass is 16.2. The van der Waals surface area contributed by atoms with Crippen LogP contribution < -0.4 is 0 Å². The predicted octanol–water partition coefficient (Wildman–Crippen LogP) is 1.79. The van der Waals surface area contributed by atoms with Crippen molar-refractivity contribution in [2.24, 2.45) is 5.92 Å². The average molecular weight is 182 g/mol. The van der Waals surface area contributed by atoms with Crippen molar-refractivity contribution in [1.29, 1.82) is 5.26 Å². The molecular weight excluding hydrogens is 164 g/mol. The molecule has 3 heteroatoms. The Morgan fingerprint density at radius 2 is 2.00 bits per heavy atom. The lowest BCUT2D eigenvalue weighted by atomic mass is 10.0. The van der Waals surface area contributed by atoms with Crippen molar-refractivity contribution in [3.63, 3.8) is 0 Å². The standard InChI is InChI=1S/C10H18N2O/c1-8(2)6-9(13)12(5)10(3,4)7-11/h8H,6H2,1-5H3. The van der Waals surface area contributed by atoms with E-state index in [4.69, 9.17) is 5.26 Å². The fourth-order valence-corrected chi connectivity index (χ4v) is 0.873. The van der Waals surface area contributed by atoms with Crippen LogP contribution in [0.1, 0.15) is 34.1 Å². The molecule has 0 saturated heterocycles. The Kier molecular flexibility index (Phi) is 3.93. The topological polar surface area (TPSA) is 44.1 Å². The minimum absolute atomic E-state index is 0.0292. The van der Waals surface area contributed by atoms with Crippen LogP contribution in [0.25, 0.3) is 0 Å². The molecule has 0 aromatic rings. The minimum Gasteiger partial charge on any atom is -0.328 e. The molecule has 0 aliphatic rings. The first-order chi connectivity index (χ1) is 5.81. The summed E-state index contributed by atoms with van der Waals surface area (Å²) in [5, 5.41) is 8.80. The molecule has 0 radical (unpaired) electrons. The minimum atomic E-state index is -0.702. The molecule has 0 unspecified atom stereocenters. The average Bonchev–Trinajstić information content (AvgIpc) is 2.01. The second-order valence-corrected chi connectivity index (χ2v) is 4.22. The third-order valence-corrected chi connectivity index (χ3v) is 2.07. The van der Waals surface area contributed by atoms with E-state index < -0.39 is 5.54 Å². The fourth-order valence-electron chi connectivity index (χ4n) is 0.873. The molecule has 0 aliphatic carbocycles. The largest absolute Gasteiger partial charge is 0.328 e. The van der Waals surface area contributed by atoms with E-state index in [2.05, 4.69) is 6.07 Å². The van der Waals surface area contributed by atoms with E-state index in [0.717, 1.165) is 0 Å². The molecule has 0 bridgehead atoms. The molecule has 0 atom stereocenters. The van der Waals surface area contributed by atoms with Crippen LogP contribution in [0.15, 0.2) is 0 Å². The van der Waals surface area contributed by atoms with Crippen LogP contribution >= 0.6 is 0 Å². The Morgan fingerprint density at radius 3 is 2.31 bits per heavy atom. The number of hydrogen-bond acceptors (Lipinski definition) is 2. The van der Waals surface area contributed by atoms with Gasteiger partial charge in [-0.25, -0.2) is 0 Å². The zero-order chi connectivity index (χ0) is 10.6. The van der Waals surface area contributed by atoms with Gasteiger partial charge in [0.2, 0.25) is 5.91 Å². The lowest BCUT2D eigenvalue weighted by Crippen LogP contribution is -2.44. The van der Waals surface area contributed by atoms with Gasteiger partial charge in [-0.1, -0.05) is 13.8 Å². The van der Waals surface area contributed by atoms with Crippen molar-refractivity contribution >= 4 is 5.91 Å². The molecule has 1 amide bonds. The summed E-state index contributed by atoms with van der Waals surface area (Å²) in [6.45, 7) is 7.46. The van der Waals surface area contributed by atoms with Gasteiger partial charge in [0.15, 0.2) is 0 Å². The summed E-state index contributed by atoms with van der Waals surface area (Å²) in [6, 6.07) is 2.10. The van der Waals surface area contributed by atoms with Crippen LogP contribution in [0.4, 0.5) is 0 Å². The number of hydrogen-bond donors (Lipinski definition) is 0. The fraction of sp³-hybridized carbons (Fsp3) is 0.800. The molecule has 0 spiro atoms. The zero-order valence-electron chi connectivity index (χ0n) is 9.09. The first kappa shape index (κ1) is 12.0. The van der Waals surface area contributed by atoms with E-state index in [0.29, 0.717) is 12.3 Å². The van der Waals surface area contributed by atoms with Crippen molar-refractivity contribution in [2.75, 3.05) is 7.05 Å². The third kappa shape index (κ3) is 3.45. The lowest BCUT2D eigenvalue weighted by molar-refractivity contribution is -0.133. The van der Waals surface area contributed by atoms with Crippen LogP contribution in [-0.2, 0) is 4.79 Å². The van der Waals surface area contributed by atoms with Crippen LogP contribution in [0.5, 0.6) is 0 Å². The second-order valence-electron chi connectivity index (χ2n) is 4.22. The summed E-state index contributed by atoms with van der Waals surface area (Å²) in [6.07, 6.45) is 0.502. The van der Waals surface area contributed by atoms with E-state index in [1.807, 2.05) is 13.8 Å². The number of nitrogens with zero attached hydrogens (tertiary/aromatic N) is 2. The Morgan fingerprint density at radius 1 is 1.54 bits per heavy atom. The molecule has 0 saturated carbocycles. The molecule has 0 aliphatic heterocycles. The highest BCUT2D eigenvalue weighted by Gasteiger charge is 2.27. The van der Waals surface area contributed by atoms with Crippen LogP contribution in [-0.4, -0.2) is 23.4 Å². The normalized spacial score (nSPS) is 11.2. The summed E-state index contributed by atoms with van der Waals surface area (Å²) in [7, 11) is 1.67. The van der Waals surface area contributed by atoms with Crippen molar-refractivity contribution in [3.05, 3.63) is 0 Å². The summed E-state index contributed by atoms with van der Waals surface area (Å²) in [5.41, 5.74) is -0.702. The number of amides is 1. The van der Waals surface area contributed by atoms with Gasteiger partial charge in [0, 0.05) is 13.5 Å². The maximum Gasteiger partial charge on any atom is 0.223 e. The summed E-state index contributed by atoms with van der Waals surface area (Å²) in [4.78, 5) is 13.0. The quantitative estimate of drug-likeness (QED) is 0.668. The van der Waals surface area contributed by atoms with Crippen molar-refractivity contribution in [2.45, 2.75) is 39.7 Å². The molecule has 0 rings (SSSR count). The van der Waals surface area contributed by atoms with E-state index in [9.17, 15) is 4.79 Å². The predicted molar refractivity (Wildman–Crippen MR) is 51.9 cm³/mol. The highest BCUT2D eigenvalue weighted by Crippen LogP contribution is 2.13. The van der Waals surface area contributed by atoms with Gasteiger partial charge in [0.1, 0.15) is 5.54 Å². The van der Waals surface area contributed by atoms with Gasteiger partial charge < -0.3 is 4.90 Å². The van der Waals surface area contributed by atoms with E-state index in [-0.39, 0.29) is 5.91 Å². The zero-order valence-corrected chi connectivity index (χ0v) is 9.09. The SMILES string of the molecule is CC(C)CC(=O)N(C)C(C)(C)C#N. The second kappa shape index (κ2) is 4.27. The Hall–Kier alpha value is -1.04. The number of carbonyl (C=O) groups is 1. The van der Waals surface area contributed by atoms with Gasteiger partial charge in [-0.05, 0) is 19.8 Å². The summed E-state index contributed by atoms with van der Waals surface area (Å²) >= 11 is 0. The molecule has 0 heterocycles. The number of nitriles is 1. The Labute approximate surface area is 80.3 Å². The van der Waals surface area contributed by atoms with E-state index in [1.165, 1.54) is 4.90 Å². The molecule has 0 aromatic heterocycles. The monoisotopic (exact) mass is 182 g/mol. The molecule has 0 N–H and O–H groups in total. The molecule has 74 valence electrons. The number of carbonyl (C=O) groups excluding carboxylic acids is 1. The van der Waals surface area contributed by atoms with Gasteiger partial charge >= 0.3 is 0 Å². The van der Waals surface area contributed by atoms with Crippen LogP contribution in [0.2, 0.25) is 0 Å². The van der Waals surface area contributed by atoms with Gasteiger partial charge in [0.25, 0.3) is 0 Å². The molecule has 13 heavy (non-hydrogen) atoms. The lowest BCUT2D eigenvalue weighted by Gasteiger charge is -2.29. The van der Waals surface area contributed by atoms with Crippen molar-refractivity contribution < 1.29 is 4.79 Å². The van der Waals surface area contributed by atoms with Gasteiger partial charge in [-0.15, -0.1) is 0 Å². The smallest absolute Gasteiger partial charge is 0.223 e. The first-order valence-electron chi connectivity index (χ1n) is 4.49. The van der Waals surface area contributed by atoms with Crippen molar-refractivity contribution in [3.8, 4) is 6.07 Å². The molecule has 0 aromatic carbocycles. The van der Waals surface area contributed by atoms with Gasteiger partial charge in [-0.3, -0.25) is 4.79 Å². The molecule has 3 nitrogen and oxygen atoms in total. The Balaban J connectivity index is 4.36. The molecular formula is C10H18N2O. The molecule has 0 fully saturated rings. The van der Waals surface area contributed by atoms with E-state index in [1.54, 1.807) is 20.9 Å². The highest BCUT2D eigenvalue weighted by molar-refractivity contribution is 5.77. The summed E-state index contributed by atoms with van der Waals surface area (Å²) < 4.78 is 0. The number of rotatable bonds is 3. The van der Waals surface area contributed by atoms with E-state index >= 15 is 0 Å². The van der Waals surface area contributed by atoms with Crippen LogP contribution in [0, 0.1) is 17.2 Å². The van der Waals surface area contributed by atoms with Gasteiger partial charge in [0.05, 0.1) is 6.07 Å². The third-order valence-electron chi connectivity index (χ3n) is 2.07. The maximum atomic E-state index is 11.5. The Bertz CT molecular complexity index is 226. The van der Waals surface area contributed by atoms with Crippen LogP contribution in [0.3, 0.4) is 0 Å². The maximum absolute atomic E-state index is 11.5. The summed E-state index contributed by atoms with van der Waals surface area (Å²) in [5.74, 6) is 0.367. The van der Waals surface area contributed by atoms with Gasteiger partial charge in [-0.2, -0.15) is 5.26 Å². The van der Waals surface area contributed by atoms with Crippen molar-refractivity contribution in [1.82, 2.24) is 4.90 Å². The first-order valence-corrected chi connectivity index (χ1v) is 4.49.